The average Bonchev–Trinajstić information content (AvgIpc) is 3.21. The molecule has 1 aliphatic heterocycles. The van der Waals surface area contributed by atoms with E-state index >= 15 is 0 Å². The smallest absolute Gasteiger partial charge is 0.280 e. The van der Waals surface area contributed by atoms with Crippen LogP contribution in [0.5, 0.6) is 5.75 Å². The maximum Gasteiger partial charge on any atom is 0.280 e. The lowest BCUT2D eigenvalue weighted by Gasteiger charge is -2.15. The van der Waals surface area contributed by atoms with Crippen LogP contribution in [0.3, 0.4) is 0 Å². The molecule has 116 valence electrons. The lowest BCUT2D eigenvalue weighted by molar-refractivity contribution is 0.101. The summed E-state index contributed by atoms with van der Waals surface area (Å²) < 4.78 is 11.0. The van der Waals surface area contributed by atoms with Crippen molar-refractivity contribution in [3.05, 3.63) is 40.5 Å². The predicted octanol–water partition coefficient (Wildman–Crippen LogP) is 2.90. The van der Waals surface area contributed by atoms with Crippen molar-refractivity contribution in [1.29, 1.82) is 0 Å². The molecule has 0 unspecified atom stereocenters. The van der Waals surface area contributed by atoms with E-state index in [9.17, 15) is 4.79 Å². The van der Waals surface area contributed by atoms with Gasteiger partial charge < -0.3 is 9.26 Å². The normalized spacial score (nSPS) is 12.2. The Labute approximate surface area is 135 Å². The summed E-state index contributed by atoms with van der Waals surface area (Å²) in [4.78, 5) is 12.4. The SMILES string of the molecule is CCc1nnc(NC(=O)c2noc3c2COc2ccccc2-3)s1. The van der Waals surface area contributed by atoms with Gasteiger partial charge in [0.25, 0.3) is 5.91 Å². The van der Waals surface area contributed by atoms with Gasteiger partial charge in [-0.25, -0.2) is 0 Å². The molecule has 1 aromatic carbocycles. The van der Waals surface area contributed by atoms with Crippen molar-refractivity contribution in [3.63, 3.8) is 0 Å². The molecule has 0 radical (unpaired) electrons. The van der Waals surface area contributed by atoms with Gasteiger partial charge in [0.1, 0.15) is 17.4 Å². The molecule has 8 heteroatoms. The summed E-state index contributed by atoms with van der Waals surface area (Å²) in [6, 6.07) is 7.49. The minimum Gasteiger partial charge on any atom is -0.488 e. The number of nitrogens with one attached hydrogen (secondary N) is 1. The minimum atomic E-state index is -0.378. The van der Waals surface area contributed by atoms with Crippen LogP contribution in [0.15, 0.2) is 28.8 Å². The summed E-state index contributed by atoms with van der Waals surface area (Å²) in [5, 5.41) is 15.8. The first-order chi connectivity index (χ1) is 11.3. The summed E-state index contributed by atoms with van der Waals surface area (Å²) in [5.74, 6) is 0.917. The molecular weight excluding hydrogens is 316 g/mol. The number of rotatable bonds is 3. The Hall–Kier alpha value is -2.74. The summed E-state index contributed by atoms with van der Waals surface area (Å²) in [7, 11) is 0. The Balaban J connectivity index is 1.64. The van der Waals surface area contributed by atoms with Crippen molar-refractivity contribution in [2.75, 3.05) is 5.32 Å². The highest BCUT2D eigenvalue weighted by atomic mass is 32.1. The number of nitrogens with zero attached hydrogens (tertiary/aromatic N) is 3. The second-order valence-corrected chi connectivity index (χ2v) is 5.99. The van der Waals surface area contributed by atoms with Crippen LogP contribution < -0.4 is 10.1 Å². The number of fused-ring (bicyclic) bond motifs is 3. The molecule has 23 heavy (non-hydrogen) atoms. The highest BCUT2D eigenvalue weighted by molar-refractivity contribution is 7.15. The first kappa shape index (κ1) is 13.9. The molecule has 1 aliphatic rings. The number of benzene rings is 1. The van der Waals surface area contributed by atoms with Crippen molar-refractivity contribution in [2.24, 2.45) is 0 Å². The van der Waals surface area contributed by atoms with Crippen LogP contribution in [0, 0.1) is 0 Å². The van der Waals surface area contributed by atoms with Crippen LogP contribution in [-0.4, -0.2) is 21.3 Å². The number of carbonyl (C=O) groups excluding carboxylic acids is 1. The molecule has 0 atom stereocenters. The van der Waals surface area contributed by atoms with Crippen LogP contribution in [0.4, 0.5) is 5.13 Å². The van der Waals surface area contributed by atoms with Gasteiger partial charge in [0.2, 0.25) is 5.13 Å². The van der Waals surface area contributed by atoms with E-state index in [0.29, 0.717) is 16.5 Å². The zero-order valence-corrected chi connectivity index (χ0v) is 13.0. The Kier molecular flexibility index (Phi) is 3.30. The summed E-state index contributed by atoms with van der Waals surface area (Å²) >= 11 is 1.34. The number of amides is 1. The number of ether oxygens (including phenoxy) is 1. The zero-order chi connectivity index (χ0) is 15.8. The number of hydrogen-bond acceptors (Lipinski definition) is 7. The van der Waals surface area contributed by atoms with Crippen molar-refractivity contribution in [1.82, 2.24) is 15.4 Å². The Morgan fingerprint density at radius 3 is 3.04 bits per heavy atom. The fourth-order valence-electron chi connectivity index (χ4n) is 2.37. The van der Waals surface area contributed by atoms with E-state index in [1.54, 1.807) is 0 Å². The van der Waals surface area contributed by atoms with E-state index in [0.717, 1.165) is 22.7 Å². The van der Waals surface area contributed by atoms with E-state index in [4.69, 9.17) is 9.26 Å². The first-order valence-electron chi connectivity index (χ1n) is 7.10. The molecule has 0 saturated carbocycles. The van der Waals surface area contributed by atoms with E-state index in [-0.39, 0.29) is 18.2 Å². The Morgan fingerprint density at radius 2 is 2.22 bits per heavy atom. The average molecular weight is 328 g/mol. The minimum absolute atomic E-state index is 0.211. The fraction of sp³-hybridized carbons (Fsp3) is 0.200. The van der Waals surface area contributed by atoms with Crippen LogP contribution in [0.2, 0.25) is 0 Å². The molecule has 0 fully saturated rings. The van der Waals surface area contributed by atoms with Crippen molar-refractivity contribution >= 4 is 22.4 Å². The topological polar surface area (TPSA) is 90.1 Å². The molecule has 1 amide bonds. The summed E-state index contributed by atoms with van der Waals surface area (Å²) in [5.41, 5.74) is 1.65. The standard InChI is InChI=1S/C15H12N4O3S/c1-2-11-17-18-15(23-11)16-14(20)12-9-7-21-10-6-4-3-5-8(10)13(9)22-19-12/h3-6H,2,7H2,1H3,(H,16,18,20). The second kappa shape index (κ2) is 5.47. The van der Waals surface area contributed by atoms with Crippen molar-refractivity contribution < 1.29 is 14.1 Å². The number of aryl methyl sites for hydroxylation is 1. The van der Waals surface area contributed by atoms with Crippen LogP contribution in [-0.2, 0) is 13.0 Å². The fourth-order valence-corrected chi connectivity index (χ4v) is 3.04. The zero-order valence-electron chi connectivity index (χ0n) is 12.2. The van der Waals surface area contributed by atoms with Gasteiger partial charge in [-0.15, -0.1) is 10.2 Å². The number of para-hydroxylation sites is 1. The number of hydrogen-bond donors (Lipinski definition) is 1. The highest BCUT2D eigenvalue weighted by Gasteiger charge is 2.29. The lowest BCUT2D eigenvalue weighted by Crippen LogP contribution is -2.16. The third-order valence-electron chi connectivity index (χ3n) is 3.50. The van der Waals surface area contributed by atoms with Gasteiger partial charge in [-0.05, 0) is 18.6 Å². The molecule has 0 spiro atoms. The summed E-state index contributed by atoms with van der Waals surface area (Å²) in [6.07, 6.45) is 0.775. The molecule has 2 aromatic heterocycles. The van der Waals surface area contributed by atoms with Crippen LogP contribution in [0.1, 0.15) is 28.0 Å². The first-order valence-corrected chi connectivity index (χ1v) is 7.92. The monoisotopic (exact) mass is 328 g/mol. The Morgan fingerprint density at radius 1 is 1.35 bits per heavy atom. The maximum atomic E-state index is 12.4. The van der Waals surface area contributed by atoms with E-state index in [2.05, 4.69) is 20.7 Å². The third kappa shape index (κ3) is 2.36. The largest absolute Gasteiger partial charge is 0.488 e. The maximum absolute atomic E-state index is 12.4. The number of carbonyl (C=O) groups is 1. The highest BCUT2D eigenvalue weighted by Crippen LogP contribution is 2.38. The Bertz CT molecular complexity index is 886. The molecule has 7 nitrogen and oxygen atoms in total. The molecule has 4 rings (SSSR count). The van der Waals surface area contributed by atoms with Crippen LogP contribution in [0.25, 0.3) is 11.3 Å². The predicted molar refractivity (Wildman–Crippen MR) is 83.5 cm³/mol. The number of aromatic nitrogens is 3. The number of anilines is 1. The lowest BCUT2D eigenvalue weighted by atomic mass is 10.0. The van der Waals surface area contributed by atoms with Crippen molar-refractivity contribution in [3.8, 4) is 17.1 Å². The van der Waals surface area contributed by atoms with Gasteiger partial charge >= 0.3 is 0 Å². The van der Waals surface area contributed by atoms with Gasteiger partial charge in [0, 0.05) is 0 Å². The van der Waals surface area contributed by atoms with Gasteiger partial charge in [-0.3, -0.25) is 10.1 Å². The summed E-state index contributed by atoms with van der Waals surface area (Å²) in [6.45, 7) is 2.23. The molecule has 0 bridgehead atoms. The molecule has 3 heterocycles. The van der Waals surface area contributed by atoms with E-state index < -0.39 is 0 Å². The van der Waals surface area contributed by atoms with E-state index in [1.165, 1.54) is 11.3 Å². The van der Waals surface area contributed by atoms with Gasteiger partial charge in [-0.2, -0.15) is 0 Å². The molecule has 3 aromatic rings. The van der Waals surface area contributed by atoms with Gasteiger partial charge in [0.05, 0.1) is 11.1 Å². The van der Waals surface area contributed by atoms with Gasteiger partial charge in [-0.1, -0.05) is 35.5 Å². The van der Waals surface area contributed by atoms with E-state index in [1.807, 2.05) is 31.2 Å². The molecule has 0 saturated heterocycles. The molecular formula is C15H12N4O3S. The van der Waals surface area contributed by atoms with Crippen LogP contribution >= 0.6 is 11.3 Å². The quantitative estimate of drug-likeness (QED) is 0.795. The molecule has 1 N–H and O–H groups in total. The third-order valence-corrected chi connectivity index (χ3v) is 4.48. The van der Waals surface area contributed by atoms with Gasteiger partial charge in [0.15, 0.2) is 11.5 Å². The second-order valence-electron chi connectivity index (χ2n) is 4.93. The van der Waals surface area contributed by atoms with Crippen molar-refractivity contribution in [2.45, 2.75) is 20.0 Å². The molecule has 0 aliphatic carbocycles.